The number of hydrogen-bond donors (Lipinski definition) is 0. The molecule has 0 unspecified atom stereocenters. The Labute approximate surface area is 174 Å². The fourth-order valence-electron chi connectivity index (χ4n) is 3.67. The highest BCUT2D eigenvalue weighted by Crippen LogP contribution is 2.12. The van der Waals surface area contributed by atoms with E-state index >= 15 is 0 Å². The van der Waals surface area contributed by atoms with Crippen molar-refractivity contribution in [1.82, 2.24) is 19.2 Å². The first-order chi connectivity index (χ1) is 14.5. The first kappa shape index (κ1) is 19.8. The van der Waals surface area contributed by atoms with E-state index in [-0.39, 0.29) is 12.2 Å². The summed E-state index contributed by atoms with van der Waals surface area (Å²) in [6.45, 7) is 5.15. The van der Waals surface area contributed by atoms with Gasteiger partial charge in [0, 0.05) is 13.1 Å². The number of benzene rings is 2. The van der Waals surface area contributed by atoms with Crippen LogP contribution < -0.4 is 11.2 Å². The van der Waals surface area contributed by atoms with E-state index in [2.05, 4.69) is 5.10 Å². The molecule has 0 N–H and O–H groups in total. The number of nitrogens with zero attached hydrogens (tertiary/aromatic N) is 4. The van der Waals surface area contributed by atoms with Crippen LogP contribution in [0.25, 0.3) is 5.69 Å². The quantitative estimate of drug-likeness (QED) is 0.669. The lowest BCUT2D eigenvalue weighted by atomic mass is 10.1. The van der Waals surface area contributed by atoms with Crippen molar-refractivity contribution in [3.05, 3.63) is 91.8 Å². The molecule has 0 bridgehead atoms. The fourth-order valence-corrected chi connectivity index (χ4v) is 3.67. The summed E-state index contributed by atoms with van der Waals surface area (Å²) >= 11 is 0. The second-order valence-electron chi connectivity index (χ2n) is 7.70. The van der Waals surface area contributed by atoms with Crippen LogP contribution in [0.5, 0.6) is 0 Å². The largest absolute Gasteiger partial charge is 0.352 e. The standard InChI is InChI=1S/C23H24N4O3/c1-16-9-11-19(12-10-16)27-23(30)26(15-18-8-4-3-7-17(18)2)22(29)20(24-27)21(28)25-13-5-6-14-25/h3-4,7-12H,5-6,13-15H2,1-2H3. The Morgan fingerprint density at radius 2 is 1.63 bits per heavy atom. The van der Waals surface area contributed by atoms with Crippen LogP contribution in [0.4, 0.5) is 0 Å². The first-order valence-electron chi connectivity index (χ1n) is 10.1. The van der Waals surface area contributed by atoms with Gasteiger partial charge >= 0.3 is 5.69 Å². The molecule has 1 fully saturated rings. The molecule has 2 heterocycles. The van der Waals surface area contributed by atoms with Gasteiger partial charge in [0.05, 0.1) is 12.2 Å². The molecule has 1 amide bonds. The summed E-state index contributed by atoms with van der Waals surface area (Å²) in [6, 6.07) is 14.8. The number of hydrogen-bond acceptors (Lipinski definition) is 4. The lowest BCUT2D eigenvalue weighted by molar-refractivity contribution is 0.0781. The zero-order valence-electron chi connectivity index (χ0n) is 17.2. The predicted molar refractivity (Wildman–Crippen MR) is 114 cm³/mol. The molecular formula is C23H24N4O3. The Balaban J connectivity index is 1.90. The second kappa shape index (κ2) is 8.10. The molecule has 7 heteroatoms. The molecule has 0 spiro atoms. The smallest absolute Gasteiger partial charge is 0.337 e. The van der Waals surface area contributed by atoms with Gasteiger partial charge in [0.15, 0.2) is 0 Å². The van der Waals surface area contributed by atoms with E-state index in [9.17, 15) is 14.4 Å². The van der Waals surface area contributed by atoms with E-state index in [0.29, 0.717) is 18.8 Å². The van der Waals surface area contributed by atoms with Crippen LogP contribution in [-0.2, 0) is 6.54 Å². The van der Waals surface area contributed by atoms with Gasteiger partial charge in [-0.25, -0.2) is 4.79 Å². The third kappa shape index (κ3) is 3.70. The van der Waals surface area contributed by atoms with Crippen LogP contribution in [0, 0.1) is 13.8 Å². The van der Waals surface area contributed by atoms with Gasteiger partial charge in [-0.05, 0) is 49.9 Å². The number of likely N-dealkylation sites (tertiary alicyclic amines) is 1. The first-order valence-corrected chi connectivity index (χ1v) is 10.1. The molecule has 30 heavy (non-hydrogen) atoms. The summed E-state index contributed by atoms with van der Waals surface area (Å²) in [4.78, 5) is 41.1. The van der Waals surface area contributed by atoms with Crippen molar-refractivity contribution in [2.75, 3.05) is 13.1 Å². The molecular weight excluding hydrogens is 380 g/mol. The SMILES string of the molecule is Cc1ccc(-n2nc(C(=O)N3CCCC3)c(=O)n(Cc3ccccc3C)c2=O)cc1. The number of carbonyl (C=O) groups excluding carboxylic acids is 1. The molecule has 0 atom stereocenters. The van der Waals surface area contributed by atoms with Gasteiger partial charge in [-0.1, -0.05) is 42.0 Å². The van der Waals surface area contributed by atoms with Crippen LogP contribution in [0.15, 0.2) is 58.1 Å². The van der Waals surface area contributed by atoms with Crippen molar-refractivity contribution in [2.24, 2.45) is 0 Å². The maximum absolute atomic E-state index is 13.2. The molecule has 4 rings (SSSR count). The van der Waals surface area contributed by atoms with Crippen molar-refractivity contribution in [3.8, 4) is 5.69 Å². The molecule has 1 aliphatic heterocycles. The number of aryl methyl sites for hydroxylation is 2. The number of amides is 1. The molecule has 0 aliphatic carbocycles. The van der Waals surface area contributed by atoms with Gasteiger partial charge in [-0.2, -0.15) is 9.78 Å². The molecule has 154 valence electrons. The normalized spacial score (nSPS) is 13.6. The third-order valence-electron chi connectivity index (χ3n) is 5.52. The molecule has 1 aliphatic rings. The van der Waals surface area contributed by atoms with Crippen LogP contribution >= 0.6 is 0 Å². The molecule has 3 aromatic rings. The zero-order valence-corrected chi connectivity index (χ0v) is 17.2. The molecule has 2 aromatic carbocycles. The van der Waals surface area contributed by atoms with Crippen molar-refractivity contribution < 1.29 is 4.79 Å². The highest BCUT2D eigenvalue weighted by atomic mass is 16.2. The van der Waals surface area contributed by atoms with Crippen molar-refractivity contribution in [1.29, 1.82) is 0 Å². The summed E-state index contributed by atoms with van der Waals surface area (Å²) in [6.07, 6.45) is 1.81. The summed E-state index contributed by atoms with van der Waals surface area (Å²) in [5.74, 6) is -0.420. The van der Waals surface area contributed by atoms with E-state index in [1.165, 1.54) is 0 Å². The van der Waals surface area contributed by atoms with Gasteiger partial charge < -0.3 is 4.90 Å². The van der Waals surface area contributed by atoms with Gasteiger partial charge in [0.25, 0.3) is 11.5 Å². The molecule has 1 saturated heterocycles. The second-order valence-corrected chi connectivity index (χ2v) is 7.70. The zero-order chi connectivity index (χ0) is 21.3. The predicted octanol–water partition coefficient (Wildman–Crippen LogP) is 2.30. The van der Waals surface area contributed by atoms with Crippen LogP contribution in [0.3, 0.4) is 0 Å². The van der Waals surface area contributed by atoms with Crippen LogP contribution in [-0.4, -0.2) is 38.2 Å². The monoisotopic (exact) mass is 404 g/mol. The third-order valence-corrected chi connectivity index (χ3v) is 5.52. The summed E-state index contributed by atoms with van der Waals surface area (Å²) in [5.41, 5.74) is 1.93. The highest BCUT2D eigenvalue weighted by molar-refractivity contribution is 5.92. The van der Waals surface area contributed by atoms with E-state index in [1.807, 2.05) is 50.2 Å². The van der Waals surface area contributed by atoms with E-state index in [0.717, 1.165) is 38.8 Å². The average molecular weight is 404 g/mol. The minimum atomic E-state index is -0.650. The Kier molecular flexibility index (Phi) is 5.35. The average Bonchev–Trinajstić information content (AvgIpc) is 3.28. The summed E-state index contributed by atoms with van der Waals surface area (Å²) in [7, 11) is 0. The number of aromatic nitrogens is 3. The minimum absolute atomic E-state index is 0.0823. The number of carbonyl (C=O) groups is 1. The van der Waals surface area contributed by atoms with Crippen molar-refractivity contribution >= 4 is 5.91 Å². The lowest BCUT2D eigenvalue weighted by Crippen LogP contribution is -2.46. The minimum Gasteiger partial charge on any atom is -0.337 e. The van der Waals surface area contributed by atoms with E-state index < -0.39 is 17.2 Å². The molecule has 1 aromatic heterocycles. The summed E-state index contributed by atoms with van der Waals surface area (Å²) in [5, 5.41) is 4.22. The molecule has 0 saturated carbocycles. The Morgan fingerprint density at radius 1 is 0.967 bits per heavy atom. The lowest BCUT2D eigenvalue weighted by Gasteiger charge is -2.17. The van der Waals surface area contributed by atoms with Gasteiger partial charge in [0.2, 0.25) is 5.69 Å². The molecule has 7 nitrogen and oxygen atoms in total. The number of rotatable bonds is 4. The van der Waals surface area contributed by atoms with Gasteiger partial charge in [-0.3, -0.25) is 14.2 Å². The van der Waals surface area contributed by atoms with Gasteiger partial charge in [0.1, 0.15) is 0 Å². The van der Waals surface area contributed by atoms with Crippen molar-refractivity contribution in [2.45, 2.75) is 33.2 Å². The van der Waals surface area contributed by atoms with Crippen LogP contribution in [0.2, 0.25) is 0 Å². The van der Waals surface area contributed by atoms with E-state index in [4.69, 9.17) is 0 Å². The summed E-state index contributed by atoms with van der Waals surface area (Å²) < 4.78 is 2.26. The van der Waals surface area contributed by atoms with Crippen molar-refractivity contribution in [3.63, 3.8) is 0 Å². The van der Waals surface area contributed by atoms with Crippen LogP contribution in [0.1, 0.15) is 40.0 Å². The Bertz CT molecular complexity index is 1200. The maximum Gasteiger partial charge on any atom is 0.352 e. The fraction of sp³-hybridized carbons (Fsp3) is 0.304. The topological polar surface area (TPSA) is 77.2 Å². The molecule has 0 radical (unpaired) electrons. The maximum atomic E-state index is 13.2. The van der Waals surface area contributed by atoms with E-state index in [1.54, 1.807) is 17.0 Å². The Hall–Kier alpha value is -3.48. The highest BCUT2D eigenvalue weighted by Gasteiger charge is 2.26. The Morgan fingerprint density at radius 3 is 2.30 bits per heavy atom. The van der Waals surface area contributed by atoms with Gasteiger partial charge in [-0.15, -0.1) is 0 Å².